The molecule has 4 aromatic carbocycles. The topological polar surface area (TPSA) is 147 Å². The molecule has 2 fully saturated rings. The Morgan fingerprint density at radius 2 is 1.07 bits per heavy atom. The predicted molar refractivity (Wildman–Crippen MR) is 218 cm³/mol. The predicted octanol–water partition coefficient (Wildman–Crippen LogP) is 6.97. The summed E-state index contributed by atoms with van der Waals surface area (Å²) in [6, 6.07) is 27.7. The van der Waals surface area contributed by atoms with Gasteiger partial charge in [0, 0.05) is 29.9 Å². The third kappa shape index (κ3) is 10.2. The minimum absolute atomic E-state index is 0.0564. The summed E-state index contributed by atoms with van der Waals surface area (Å²) in [7, 11) is -8.44. The van der Waals surface area contributed by atoms with Gasteiger partial charge in [-0.1, -0.05) is 112 Å². The number of fused-ring (bicyclic) bond motifs is 1. The zero-order valence-electron chi connectivity index (χ0n) is 32.1. The molecule has 0 spiro atoms. The molecule has 0 aromatic heterocycles. The molecular formula is C43H56N4O6S2. The van der Waals surface area contributed by atoms with Crippen molar-refractivity contribution in [3.8, 4) is 0 Å². The fourth-order valence-corrected chi connectivity index (χ4v) is 11.6. The summed E-state index contributed by atoms with van der Waals surface area (Å²) in [5.41, 5.74) is 8.08. The molecule has 2 aliphatic heterocycles. The van der Waals surface area contributed by atoms with Gasteiger partial charge in [-0.05, 0) is 87.5 Å². The Hall–Kier alpha value is -4.10. The summed E-state index contributed by atoms with van der Waals surface area (Å²) in [4.78, 5) is 26.2. The lowest BCUT2D eigenvalue weighted by Gasteiger charge is -2.35. The van der Waals surface area contributed by atoms with Gasteiger partial charge in [0.15, 0.2) is 0 Å². The lowest BCUT2D eigenvalue weighted by atomic mass is 9.98. The fraction of sp³-hybridized carbons (Fsp3) is 0.442. The van der Waals surface area contributed by atoms with E-state index in [1.165, 1.54) is 39.7 Å². The number of rotatable bonds is 15. The largest absolute Gasteiger partial charge is 0.368 e. The van der Waals surface area contributed by atoms with E-state index < -0.39 is 38.0 Å². The van der Waals surface area contributed by atoms with Crippen LogP contribution in [0.25, 0.3) is 10.8 Å². The number of carbonyl (C=O) groups excluding carboxylic acids is 2. The molecule has 3 N–H and O–H groups in total. The van der Waals surface area contributed by atoms with Gasteiger partial charge in [-0.3, -0.25) is 9.59 Å². The zero-order valence-corrected chi connectivity index (χ0v) is 33.7. The van der Waals surface area contributed by atoms with E-state index in [2.05, 4.69) is 29.6 Å². The van der Waals surface area contributed by atoms with Crippen molar-refractivity contribution in [2.75, 3.05) is 13.1 Å². The number of piperidine rings is 2. The number of nitrogens with zero attached hydrogens (tertiary/aromatic N) is 2. The molecule has 2 unspecified atom stereocenters. The van der Waals surface area contributed by atoms with Crippen LogP contribution >= 0.6 is 0 Å². The van der Waals surface area contributed by atoms with Crippen LogP contribution in [0.15, 0.2) is 107 Å². The van der Waals surface area contributed by atoms with Crippen molar-refractivity contribution in [3.63, 3.8) is 0 Å². The molecule has 12 heteroatoms. The van der Waals surface area contributed by atoms with Crippen LogP contribution in [-0.2, 0) is 42.5 Å². The maximum atomic E-state index is 14.6. The summed E-state index contributed by atoms with van der Waals surface area (Å²) in [6.07, 6.45) is 8.38. The van der Waals surface area contributed by atoms with Crippen molar-refractivity contribution in [1.29, 1.82) is 0 Å². The summed E-state index contributed by atoms with van der Waals surface area (Å²) in [5.74, 6) is -1.01. The third-order valence-corrected chi connectivity index (χ3v) is 14.6. The summed E-state index contributed by atoms with van der Waals surface area (Å²) in [5, 5.41) is 3.74. The lowest BCUT2D eigenvalue weighted by Crippen LogP contribution is -2.53. The van der Waals surface area contributed by atoms with Crippen LogP contribution in [-0.4, -0.2) is 68.5 Å². The standard InChI is InChI=1S/C41H50N4O6S2.C2H6/c42-40(46)36-25-7-9-29-44(36)52(48,49)38-27-13-24-35-34(38)23-14-28-39(35)53(50,51)45-30-10-8-26-37(45)41(47)43-33(21-11-19-31-15-3-1-4-16-31)22-12-20-32-17-5-2-6-18-32;1-2/h1-6,13-18,23-24,27-28,33,36-37H,7-12,19-22,25-26,29-30H2,(H2,42,46)(H,43,47);1-2H3. The Labute approximate surface area is 327 Å². The van der Waals surface area contributed by atoms with E-state index >= 15 is 0 Å². The van der Waals surface area contributed by atoms with Crippen molar-refractivity contribution >= 4 is 42.6 Å². The van der Waals surface area contributed by atoms with Crippen molar-refractivity contribution in [2.24, 2.45) is 5.73 Å². The van der Waals surface area contributed by atoms with Gasteiger partial charge in [0.1, 0.15) is 12.1 Å². The molecule has 2 atom stereocenters. The first-order valence-electron chi connectivity index (χ1n) is 19.8. The number of nitrogens with one attached hydrogen (secondary N) is 1. The SMILES string of the molecule is CC.NC(=O)C1CCCCN1S(=O)(=O)c1cccc2c(S(=O)(=O)N3CCCCC3C(=O)NC(CCCc3ccccc3)CCCc3ccccc3)cccc12. The molecule has 2 aliphatic rings. The number of primary amides is 1. The molecule has 0 saturated carbocycles. The van der Waals surface area contributed by atoms with Crippen molar-refractivity contribution in [1.82, 2.24) is 13.9 Å². The molecule has 4 aromatic rings. The fourth-order valence-electron chi connectivity index (χ4n) is 7.87. The van der Waals surface area contributed by atoms with Crippen molar-refractivity contribution in [2.45, 2.75) is 119 Å². The van der Waals surface area contributed by atoms with Crippen molar-refractivity contribution < 1.29 is 26.4 Å². The van der Waals surface area contributed by atoms with E-state index in [4.69, 9.17) is 5.73 Å². The molecule has 0 aliphatic carbocycles. The molecule has 2 amide bonds. The quantitative estimate of drug-likeness (QED) is 0.133. The van der Waals surface area contributed by atoms with Gasteiger partial charge in [-0.25, -0.2) is 16.8 Å². The lowest BCUT2D eigenvalue weighted by molar-refractivity contribution is -0.126. The minimum Gasteiger partial charge on any atom is -0.368 e. The molecule has 296 valence electrons. The number of carbonyl (C=O) groups is 2. The van der Waals surface area contributed by atoms with Crippen LogP contribution in [0.5, 0.6) is 0 Å². The molecule has 55 heavy (non-hydrogen) atoms. The van der Waals surface area contributed by atoms with Crippen LogP contribution in [0.2, 0.25) is 0 Å². The smallest absolute Gasteiger partial charge is 0.244 e. The van der Waals surface area contributed by atoms with Gasteiger partial charge in [-0.2, -0.15) is 8.61 Å². The first kappa shape index (κ1) is 42.1. The number of aryl methyl sites for hydroxylation is 2. The number of benzene rings is 4. The second-order valence-electron chi connectivity index (χ2n) is 14.2. The Kier molecular flexibility index (Phi) is 15.0. The number of nitrogens with two attached hydrogens (primary N) is 1. The second-order valence-corrected chi connectivity index (χ2v) is 17.9. The maximum Gasteiger partial charge on any atom is 0.244 e. The van der Waals surface area contributed by atoms with Crippen LogP contribution in [0.1, 0.15) is 89.2 Å². The molecule has 0 bridgehead atoms. The van der Waals surface area contributed by atoms with Gasteiger partial charge in [-0.15, -0.1) is 0 Å². The number of amides is 2. The highest BCUT2D eigenvalue weighted by Crippen LogP contribution is 2.35. The van der Waals surface area contributed by atoms with Crippen LogP contribution in [0, 0.1) is 0 Å². The first-order chi connectivity index (χ1) is 26.6. The Morgan fingerprint density at radius 3 is 1.53 bits per heavy atom. The van der Waals surface area contributed by atoms with Gasteiger partial charge < -0.3 is 11.1 Å². The number of sulfonamides is 2. The number of hydrogen-bond donors (Lipinski definition) is 2. The van der Waals surface area contributed by atoms with Gasteiger partial charge >= 0.3 is 0 Å². The monoisotopic (exact) mass is 788 g/mol. The highest BCUT2D eigenvalue weighted by Gasteiger charge is 2.40. The maximum absolute atomic E-state index is 14.6. The Balaban J connectivity index is 0.00000285. The molecule has 0 radical (unpaired) electrons. The molecular weight excluding hydrogens is 733 g/mol. The van der Waals surface area contributed by atoms with Gasteiger partial charge in [0.25, 0.3) is 0 Å². The normalized spacial score (nSPS) is 18.4. The summed E-state index contributed by atoms with van der Waals surface area (Å²) in [6.45, 7) is 4.32. The van der Waals surface area contributed by atoms with E-state index in [1.54, 1.807) is 12.1 Å². The number of hydrogen-bond acceptors (Lipinski definition) is 6. The van der Waals surface area contributed by atoms with Crippen LogP contribution in [0.3, 0.4) is 0 Å². The van der Waals surface area contributed by atoms with Gasteiger partial charge in [0.05, 0.1) is 9.79 Å². The average Bonchev–Trinajstić information content (AvgIpc) is 3.21. The highest BCUT2D eigenvalue weighted by atomic mass is 32.2. The molecule has 2 saturated heterocycles. The van der Waals surface area contributed by atoms with Crippen LogP contribution < -0.4 is 11.1 Å². The highest BCUT2D eigenvalue weighted by molar-refractivity contribution is 7.90. The molecule has 6 rings (SSSR count). The molecule has 2 heterocycles. The van der Waals surface area contributed by atoms with E-state index in [9.17, 15) is 26.4 Å². The first-order valence-corrected chi connectivity index (χ1v) is 22.7. The minimum atomic E-state index is -4.25. The van der Waals surface area contributed by atoms with E-state index in [1.807, 2.05) is 50.2 Å². The Bertz CT molecular complexity index is 2050. The summed E-state index contributed by atoms with van der Waals surface area (Å²) < 4.78 is 59.7. The Morgan fingerprint density at radius 1 is 0.636 bits per heavy atom. The van der Waals surface area contributed by atoms with E-state index in [0.29, 0.717) is 38.5 Å². The average molecular weight is 789 g/mol. The van der Waals surface area contributed by atoms with Crippen molar-refractivity contribution in [3.05, 3.63) is 108 Å². The second kappa shape index (κ2) is 19.7. The molecule has 10 nitrogen and oxygen atoms in total. The zero-order chi connectivity index (χ0) is 39.4. The van der Waals surface area contributed by atoms with E-state index in [0.717, 1.165) is 42.8 Å². The van der Waals surface area contributed by atoms with E-state index in [-0.39, 0.29) is 45.6 Å². The third-order valence-electron chi connectivity index (χ3n) is 10.6. The summed E-state index contributed by atoms with van der Waals surface area (Å²) >= 11 is 0. The van der Waals surface area contributed by atoms with Crippen LogP contribution in [0.4, 0.5) is 0 Å². The van der Waals surface area contributed by atoms with Gasteiger partial charge in [0.2, 0.25) is 31.9 Å².